The Morgan fingerprint density at radius 1 is 0.852 bits per heavy atom. The summed E-state index contributed by atoms with van der Waals surface area (Å²) >= 11 is 0. The molecule has 0 unspecified atom stereocenters. The lowest BCUT2D eigenvalue weighted by Gasteiger charge is -2.22. The maximum absolute atomic E-state index is 13.0. The van der Waals surface area contributed by atoms with Crippen LogP contribution in [0.2, 0.25) is 0 Å². The molecule has 0 saturated carbocycles. The van der Waals surface area contributed by atoms with Gasteiger partial charge in [-0.25, -0.2) is 9.48 Å². The summed E-state index contributed by atoms with van der Waals surface area (Å²) in [5.74, 6) is 0. The maximum Gasteiger partial charge on any atom is 0.534 e. The fourth-order valence-electron chi connectivity index (χ4n) is 2.45. The Labute approximate surface area is 162 Å². The number of unbranched alkanes of at least 4 members (excludes halogenated alkanes) is 4. The van der Waals surface area contributed by atoms with Crippen LogP contribution in [0.25, 0.3) is 0 Å². The zero-order chi connectivity index (χ0) is 20.9. The number of rotatable bonds is 13. The van der Waals surface area contributed by atoms with E-state index < -0.39 is 15.6 Å². The molecular formula is C18H36F3N2O3S+. The number of halogens is 3. The number of nitrogens with zero attached hydrogens (tertiary/aromatic N) is 2. The Hall–Kier alpha value is -0.990. The van der Waals surface area contributed by atoms with Crippen molar-refractivity contribution in [3.63, 3.8) is 0 Å². The van der Waals surface area contributed by atoms with Gasteiger partial charge in [-0.05, 0) is 25.7 Å². The van der Waals surface area contributed by atoms with E-state index in [2.05, 4.69) is 0 Å². The van der Waals surface area contributed by atoms with Gasteiger partial charge in [0.2, 0.25) is 0 Å². The molecule has 0 aromatic carbocycles. The van der Waals surface area contributed by atoms with Crippen molar-refractivity contribution >= 4 is 16.1 Å². The van der Waals surface area contributed by atoms with Gasteiger partial charge in [-0.15, -0.1) is 0 Å². The first kappa shape index (κ1) is 26.0. The highest BCUT2D eigenvalue weighted by molar-refractivity contribution is 7.88. The van der Waals surface area contributed by atoms with Crippen LogP contribution in [0.15, 0.2) is 0 Å². The first-order valence-corrected chi connectivity index (χ1v) is 11.4. The van der Waals surface area contributed by atoms with Crippen LogP contribution in [-0.2, 0) is 14.3 Å². The molecule has 0 spiro atoms. The molecule has 0 aromatic rings. The van der Waals surface area contributed by atoms with E-state index >= 15 is 0 Å². The second kappa shape index (κ2) is 13.2. The first-order chi connectivity index (χ1) is 12.6. The van der Waals surface area contributed by atoms with E-state index in [1.54, 1.807) is 9.48 Å². The largest absolute Gasteiger partial charge is 0.534 e. The molecule has 0 radical (unpaired) electrons. The maximum atomic E-state index is 13.0. The molecule has 27 heavy (non-hydrogen) atoms. The predicted molar refractivity (Wildman–Crippen MR) is 102 cm³/mol. The Morgan fingerprint density at radius 3 is 1.59 bits per heavy atom. The molecule has 0 aliphatic carbocycles. The summed E-state index contributed by atoms with van der Waals surface area (Å²) in [6.07, 6.45) is 6.40. The number of amidine groups is 1. The van der Waals surface area contributed by atoms with Crippen LogP contribution in [0.1, 0.15) is 79.1 Å². The van der Waals surface area contributed by atoms with Crippen molar-refractivity contribution in [2.75, 3.05) is 26.2 Å². The Balaban J connectivity index is 6.05. The number of hydrogen-bond donors (Lipinski definition) is 0. The SMILES string of the molecule is CCCCN(CCCC)C(OS(=O)(=O)C(F)(F)F)=[N+](CCCC)CCCC. The molecule has 0 saturated heterocycles. The molecule has 0 rings (SSSR count). The first-order valence-electron chi connectivity index (χ1n) is 10.0. The Morgan fingerprint density at radius 2 is 1.26 bits per heavy atom. The minimum atomic E-state index is -5.71. The van der Waals surface area contributed by atoms with Crippen molar-refractivity contribution in [1.29, 1.82) is 0 Å². The molecule has 0 N–H and O–H groups in total. The summed E-state index contributed by atoms with van der Waals surface area (Å²) in [5, 5.41) is 0. The van der Waals surface area contributed by atoms with Gasteiger partial charge in [0.25, 0.3) is 0 Å². The molecule has 0 fully saturated rings. The van der Waals surface area contributed by atoms with Crippen molar-refractivity contribution in [2.45, 2.75) is 84.6 Å². The van der Waals surface area contributed by atoms with E-state index in [1.165, 1.54) is 0 Å². The van der Waals surface area contributed by atoms with E-state index in [4.69, 9.17) is 4.18 Å². The molecule has 0 aliphatic rings. The third-order valence-electron chi connectivity index (χ3n) is 4.14. The average Bonchev–Trinajstić information content (AvgIpc) is 2.59. The molecule has 9 heteroatoms. The van der Waals surface area contributed by atoms with E-state index in [1.807, 2.05) is 27.7 Å². The van der Waals surface area contributed by atoms with Crippen molar-refractivity contribution in [1.82, 2.24) is 4.90 Å². The van der Waals surface area contributed by atoms with Gasteiger partial charge in [0.1, 0.15) is 0 Å². The van der Waals surface area contributed by atoms with Crippen LogP contribution in [0.3, 0.4) is 0 Å². The second-order valence-electron chi connectivity index (χ2n) is 6.65. The highest BCUT2D eigenvalue weighted by Gasteiger charge is 2.51. The van der Waals surface area contributed by atoms with Crippen LogP contribution < -0.4 is 0 Å². The normalized spacial score (nSPS) is 12.1. The summed E-state index contributed by atoms with van der Waals surface area (Å²) in [6.45, 7) is 9.80. The molecule has 162 valence electrons. The lowest BCUT2D eigenvalue weighted by Crippen LogP contribution is -2.45. The van der Waals surface area contributed by atoms with Crippen molar-refractivity contribution < 1.29 is 30.3 Å². The van der Waals surface area contributed by atoms with Gasteiger partial charge < -0.3 is 4.18 Å². The molecule has 0 aromatic heterocycles. The quantitative estimate of drug-likeness (QED) is 0.143. The Kier molecular flexibility index (Phi) is 12.7. The lowest BCUT2D eigenvalue weighted by molar-refractivity contribution is -0.541. The van der Waals surface area contributed by atoms with E-state index in [0.717, 1.165) is 51.4 Å². The molecular weight excluding hydrogens is 381 g/mol. The van der Waals surface area contributed by atoms with Crippen LogP contribution in [-0.4, -0.2) is 55.6 Å². The molecule has 0 bridgehead atoms. The summed E-state index contributed by atoms with van der Waals surface area (Å²) in [5.41, 5.74) is -5.44. The molecule has 0 heterocycles. The monoisotopic (exact) mass is 417 g/mol. The van der Waals surface area contributed by atoms with E-state index in [-0.39, 0.29) is 6.02 Å². The predicted octanol–water partition coefficient (Wildman–Crippen LogP) is 4.72. The highest BCUT2D eigenvalue weighted by atomic mass is 32.2. The molecule has 0 aliphatic heterocycles. The lowest BCUT2D eigenvalue weighted by atomic mass is 10.2. The van der Waals surface area contributed by atoms with Gasteiger partial charge in [0.05, 0.1) is 26.2 Å². The third-order valence-corrected chi connectivity index (χ3v) is 5.07. The van der Waals surface area contributed by atoms with Gasteiger partial charge in [-0.2, -0.15) is 21.6 Å². The van der Waals surface area contributed by atoms with Crippen LogP contribution in [0, 0.1) is 0 Å². The minimum Gasteiger partial charge on any atom is -0.302 e. The third kappa shape index (κ3) is 9.67. The standard InChI is InChI=1S/C18H36F3N2O3S/c1-5-9-13-22(14-10-6-2)17(26-27(24,25)18(19,20)21)23(15-11-7-3)16-12-8-4/h5-16H2,1-4H3/q+1. The summed E-state index contributed by atoms with van der Waals surface area (Å²) < 4.78 is 68.8. The zero-order valence-corrected chi connectivity index (χ0v) is 18.0. The van der Waals surface area contributed by atoms with Gasteiger partial charge in [0.15, 0.2) is 0 Å². The van der Waals surface area contributed by atoms with Crippen LogP contribution in [0.4, 0.5) is 13.2 Å². The van der Waals surface area contributed by atoms with Crippen molar-refractivity contribution in [3.05, 3.63) is 0 Å². The number of hydrogen-bond acceptors (Lipinski definition) is 3. The van der Waals surface area contributed by atoms with Crippen LogP contribution in [0.5, 0.6) is 0 Å². The zero-order valence-electron chi connectivity index (χ0n) is 17.1. The summed E-state index contributed by atoms with van der Waals surface area (Å²) in [6, 6.07) is -0.170. The summed E-state index contributed by atoms with van der Waals surface area (Å²) in [4.78, 5) is 1.67. The average molecular weight is 418 g/mol. The molecule has 5 nitrogen and oxygen atoms in total. The van der Waals surface area contributed by atoms with Crippen molar-refractivity contribution in [3.8, 4) is 0 Å². The van der Waals surface area contributed by atoms with E-state index in [0.29, 0.717) is 26.2 Å². The van der Waals surface area contributed by atoms with Gasteiger partial charge in [-0.1, -0.05) is 53.4 Å². The van der Waals surface area contributed by atoms with Gasteiger partial charge in [0, 0.05) is 0 Å². The minimum absolute atomic E-state index is 0.170. The summed E-state index contributed by atoms with van der Waals surface area (Å²) in [7, 11) is -5.71. The fraction of sp³-hybridized carbons (Fsp3) is 0.944. The van der Waals surface area contributed by atoms with Gasteiger partial charge >= 0.3 is 21.6 Å². The highest BCUT2D eigenvalue weighted by Crippen LogP contribution is 2.25. The number of alkyl halides is 3. The van der Waals surface area contributed by atoms with Crippen LogP contribution >= 0.6 is 0 Å². The van der Waals surface area contributed by atoms with Crippen molar-refractivity contribution in [2.24, 2.45) is 0 Å². The molecule has 0 atom stereocenters. The fourth-order valence-corrected chi connectivity index (χ4v) is 2.95. The molecule has 0 amide bonds. The Bertz CT molecular complexity index is 516. The van der Waals surface area contributed by atoms with Gasteiger partial charge in [-0.3, -0.25) is 0 Å². The second-order valence-corrected chi connectivity index (χ2v) is 8.19. The van der Waals surface area contributed by atoms with E-state index in [9.17, 15) is 21.6 Å². The topological polar surface area (TPSA) is 49.6 Å². The smallest absolute Gasteiger partial charge is 0.302 e.